The Kier molecular flexibility index (Phi) is 2.41. The standard InChI is InChI=1S/C5H5BrF3N3/c1-12-3(2-5(7,8)9)10-4(6)11-12/h2H2,1H3. The van der Waals surface area contributed by atoms with Gasteiger partial charge in [-0.3, -0.25) is 4.68 Å². The van der Waals surface area contributed by atoms with Crippen LogP contribution in [0.4, 0.5) is 13.2 Å². The number of alkyl halides is 3. The van der Waals surface area contributed by atoms with E-state index in [-0.39, 0.29) is 10.6 Å². The molecular formula is C5H5BrF3N3. The number of hydrogen-bond acceptors (Lipinski definition) is 2. The van der Waals surface area contributed by atoms with Crippen LogP contribution < -0.4 is 0 Å². The normalized spacial score (nSPS) is 12.1. The number of halogens is 4. The zero-order valence-corrected chi connectivity index (χ0v) is 7.65. The van der Waals surface area contributed by atoms with Crippen LogP contribution in [0.2, 0.25) is 0 Å². The SMILES string of the molecule is Cn1nc(Br)nc1CC(F)(F)F. The highest BCUT2D eigenvalue weighted by Crippen LogP contribution is 2.20. The van der Waals surface area contributed by atoms with Crippen LogP contribution in [0, 0.1) is 0 Å². The summed E-state index contributed by atoms with van der Waals surface area (Å²) >= 11 is 2.88. The number of nitrogens with zero attached hydrogens (tertiary/aromatic N) is 3. The largest absolute Gasteiger partial charge is 0.396 e. The van der Waals surface area contributed by atoms with Gasteiger partial charge in [0.15, 0.2) is 0 Å². The first-order valence-electron chi connectivity index (χ1n) is 3.00. The molecule has 0 aliphatic carbocycles. The van der Waals surface area contributed by atoms with Gasteiger partial charge in [-0.05, 0) is 15.9 Å². The van der Waals surface area contributed by atoms with Crippen LogP contribution in [-0.4, -0.2) is 20.9 Å². The maximum absolute atomic E-state index is 11.8. The molecule has 0 N–H and O–H groups in total. The van der Waals surface area contributed by atoms with Crippen LogP contribution in [0.1, 0.15) is 5.82 Å². The van der Waals surface area contributed by atoms with Crippen molar-refractivity contribution in [1.29, 1.82) is 0 Å². The second-order valence-electron chi connectivity index (χ2n) is 2.21. The van der Waals surface area contributed by atoms with Crippen molar-refractivity contribution in [2.24, 2.45) is 7.05 Å². The Labute approximate surface area is 74.7 Å². The molecule has 0 fully saturated rings. The quantitative estimate of drug-likeness (QED) is 0.752. The monoisotopic (exact) mass is 243 g/mol. The van der Waals surface area contributed by atoms with Gasteiger partial charge in [-0.25, -0.2) is 4.98 Å². The van der Waals surface area contributed by atoms with E-state index in [4.69, 9.17) is 0 Å². The smallest absolute Gasteiger partial charge is 0.252 e. The Morgan fingerprint density at radius 3 is 2.42 bits per heavy atom. The Bertz CT molecular complexity index is 280. The van der Waals surface area contributed by atoms with E-state index in [1.807, 2.05) is 0 Å². The Hall–Kier alpha value is -0.590. The van der Waals surface area contributed by atoms with Crippen LogP contribution in [0.5, 0.6) is 0 Å². The lowest BCUT2D eigenvalue weighted by atomic mass is 10.4. The molecule has 7 heteroatoms. The molecule has 1 rings (SSSR count). The molecule has 0 amide bonds. The van der Waals surface area contributed by atoms with E-state index in [2.05, 4.69) is 26.0 Å². The predicted octanol–water partition coefficient (Wildman–Crippen LogP) is 1.68. The highest BCUT2D eigenvalue weighted by molar-refractivity contribution is 9.10. The fraction of sp³-hybridized carbons (Fsp3) is 0.600. The van der Waals surface area contributed by atoms with E-state index >= 15 is 0 Å². The maximum atomic E-state index is 11.8. The van der Waals surface area contributed by atoms with Crippen LogP contribution in [0.15, 0.2) is 4.73 Å². The van der Waals surface area contributed by atoms with Crippen molar-refractivity contribution in [2.45, 2.75) is 12.6 Å². The van der Waals surface area contributed by atoms with Gasteiger partial charge >= 0.3 is 6.18 Å². The number of aryl methyl sites for hydroxylation is 1. The third kappa shape index (κ3) is 2.47. The summed E-state index contributed by atoms with van der Waals surface area (Å²) in [6.07, 6.45) is -5.29. The van der Waals surface area contributed by atoms with Gasteiger partial charge in [0, 0.05) is 7.05 Å². The van der Waals surface area contributed by atoms with Gasteiger partial charge < -0.3 is 0 Å². The molecule has 3 nitrogen and oxygen atoms in total. The summed E-state index contributed by atoms with van der Waals surface area (Å²) < 4.78 is 36.8. The van der Waals surface area contributed by atoms with E-state index in [0.717, 1.165) is 4.68 Å². The lowest BCUT2D eigenvalue weighted by molar-refractivity contribution is -0.129. The Balaban J connectivity index is 2.82. The molecule has 0 aliphatic rings. The van der Waals surface area contributed by atoms with Gasteiger partial charge in [0.2, 0.25) is 4.73 Å². The van der Waals surface area contributed by atoms with Crippen LogP contribution >= 0.6 is 15.9 Å². The highest BCUT2D eigenvalue weighted by Gasteiger charge is 2.30. The third-order valence-corrected chi connectivity index (χ3v) is 1.52. The van der Waals surface area contributed by atoms with E-state index in [9.17, 15) is 13.2 Å². The summed E-state index contributed by atoms with van der Waals surface area (Å²) in [6.45, 7) is 0. The summed E-state index contributed by atoms with van der Waals surface area (Å²) in [5.74, 6) is -0.102. The van der Waals surface area contributed by atoms with Crippen LogP contribution in [0.25, 0.3) is 0 Å². The van der Waals surface area contributed by atoms with E-state index in [1.165, 1.54) is 7.05 Å². The first kappa shape index (κ1) is 9.50. The molecule has 0 spiro atoms. The van der Waals surface area contributed by atoms with Gasteiger partial charge in [0.25, 0.3) is 0 Å². The minimum atomic E-state index is -4.24. The molecule has 0 bridgehead atoms. The second-order valence-corrected chi connectivity index (χ2v) is 2.92. The van der Waals surface area contributed by atoms with Crippen molar-refractivity contribution in [3.63, 3.8) is 0 Å². The van der Waals surface area contributed by atoms with Crippen LogP contribution in [0.3, 0.4) is 0 Å². The fourth-order valence-corrected chi connectivity index (χ4v) is 1.16. The van der Waals surface area contributed by atoms with Gasteiger partial charge in [-0.15, -0.1) is 5.10 Å². The van der Waals surface area contributed by atoms with Gasteiger partial charge in [-0.1, -0.05) is 0 Å². The van der Waals surface area contributed by atoms with Gasteiger partial charge in [-0.2, -0.15) is 13.2 Å². The van der Waals surface area contributed by atoms with Crippen molar-refractivity contribution in [1.82, 2.24) is 14.8 Å². The topological polar surface area (TPSA) is 30.7 Å². The number of hydrogen-bond donors (Lipinski definition) is 0. The summed E-state index contributed by atoms with van der Waals surface area (Å²) in [7, 11) is 1.42. The molecule has 0 radical (unpaired) electrons. The molecule has 0 unspecified atom stereocenters. The molecule has 0 saturated heterocycles. The Morgan fingerprint density at radius 1 is 1.50 bits per heavy atom. The molecular weight excluding hydrogens is 239 g/mol. The first-order chi connectivity index (χ1) is 5.38. The molecule has 1 aromatic heterocycles. The molecule has 0 aliphatic heterocycles. The molecule has 1 heterocycles. The summed E-state index contributed by atoms with van der Waals surface area (Å²) in [6, 6.07) is 0. The summed E-state index contributed by atoms with van der Waals surface area (Å²) in [5, 5.41) is 3.62. The second kappa shape index (κ2) is 3.04. The van der Waals surface area contributed by atoms with Crippen molar-refractivity contribution >= 4 is 15.9 Å². The Morgan fingerprint density at radius 2 is 2.08 bits per heavy atom. The molecule has 0 saturated carbocycles. The summed E-state index contributed by atoms with van der Waals surface area (Å²) in [4.78, 5) is 3.54. The average molecular weight is 244 g/mol. The zero-order valence-electron chi connectivity index (χ0n) is 6.06. The highest BCUT2D eigenvalue weighted by atomic mass is 79.9. The van der Waals surface area contributed by atoms with Crippen molar-refractivity contribution < 1.29 is 13.2 Å². The van der Waals surface area contributed by atoms with Crippen molar-refractivity contribution in [3.8, 4) is 0 Å². The third-order valence-electron chi connectivity index (χ3n) is 1.19. The predicted molar refractivity (Wildman–Crippen MR) is 38.5 cm³/mol. The van der Waals surface area contributed by atoms with Crippen molar-refractivity contribution in [2.75, 3.05) is 0 Å². The zero-order chi connectivity index (χ0) is 9.35. The van der Waals surface area contributed by atoms with Gasteiger partial charge in [0.05, 0.1) is 0 Å². The van der Waals surface area contributed by atoms with Gasteiger partial charge in [0.1, 0.15) is 12.2 Å². The molecule has 12 heavy (non-hydrogen) atoms. The lowest BCUT2D eigenvalue weighted by Gasteiger charge is -2.03. The summed E-state index contributed by atoms with van der Waals surface area (Å²) in [5.41, 5.74) is 0. The van der Waals surface area contributed by atoms with E-state index in [0.29, 0.717) is 0 Å². The van der Waals surface area contributed by atoms with Crippen LogP contribution in [-0.2, 0) is 13.5 Å². The van der Waals surface area contributed by atoms with E-state index in [1.54, 1.807) is 0 Å². The minimum absolute atomic E-state index is 0.102. The minimum Gasteiger partial charge on any atom is -0.252 e. The molecule has 0 aromatic carbocycles. The molecule has 1 aromatic rings. The molecule has 0 atom stereocenters. The number of aromatic nitrogens is 3. The lowest BCUT2D eigenvalue weighted by Crippen LogP contribution is -2.15. The fourth-order valence-electron chi connectivity index (χ4n) is 0.716. The number of rotatable bonds is 1. The van der Waals surface area contributed by atoms with Crippen molar-refractivity contribution in [3.05, 3.63) is 10.6 Å². The first-order valence-corrected chi connectivity index (χ1v) is 3.80. The van der Waals surface area contributed by atoms with E-state index < -0.39 is 12.6 Å². The maximum Gasteiger partial charge on any atom is 0.396 e. The molecule has 68 valence electrons. The average Bonchev–Trinajstić information content (AvgIpc) is 2.06.